The van der Waals surface area contributed by atoms with Crippen LogP contribution in [0.5, 0.6) is 5.88 Å². The lowest BCUT2D eigenvalue weighted by Crippen LogP contribution is -2.16. The zero-order chi connectivity index (χ0) is 11.4. The molecule has 1 fully saturated rings. The summed E-state index contributed by atoms with van der Waals surface area (Å²) >= 11 is 5.79. The van der Waals surface area contributed by atoms with E-state index in [1.165, 1.54) is 12.8 Å². The second-order valence-corrected chi connectivity index (χ2v) is 4.74. The Morgan fingerprint density at radius 3 is 2.94 bits per heavy atom. The van der Waals surface area contributed by atoms with Gasteiger partial charge in [-0.05, 0) is 30.7 Å². The van der Waals surface area contributed by atoms with Gasteiger partial charge in [-0.3, -0.25) is 0 Å². The average molecular weight is 241 g/mol. The summed E-state index contributed by atoms with van der Waals surface area (Å²) in [5, 5.41) is 3.36. The van der Waals surface area contributed by atoms with Crippen LogP contribution in [0.15, 0.2) is 18.2 Å². The molecule has 1 aliphatic carbocycles. The predicted molar refractivity (Wildman–Crippen MR) is 66.3 cm³/mol. The molecule has 2 rings (SSSR count). The first-order chi connectivity index (χ1) is 7.78. The number of anilines is 1. The number of halogens is 1. The number of rotatable bonds is 6. The maximum atomic E-state index is 5.79. The Morgan fingerprint density at radius 1 is 1.50 bits per heavy atom. The highest BCUT2D eigenvalue weighted by Gasteiger charge is 2.41. The maximum absolute atomic E-state index is 5.79. The second-order valence-electron chi connectivity index (χ2n) is 4.36. The van der Waals surface area contributed by atoms with Gasteiger partial charge in [0.25, 0.3) is 0 Å². The molecule has 1 N–H and O–H groups in total. The molecule has 0 spiro atoms. The highest BCUT2D eigenvalue weighted by molar-refractivity contribution is 6.17. The van der Waals surface area contributed by atoms with Crippen LogP contribution >= 0.6 is 11.6 Å². The summed E-state index contributed by atoms with van der Waals surface area (Å²) in [7, 11) is 1.63. The van der Waals surface area contributed by atoms with E-state index in [9.17, 15) is 0 Å². The lowest BCUT2D eigenvalue weighted by molar-refractivity contribution is 0.398. The SMILES string of the molecule is COc1cccc(NCC2(CCCl)CC2)n1. The van der Waals surface area contributed by atoms with E-state index < -0.39 is 0 Å². The highest BCUT2D eigenvalue weighted by Crippen LogP contribution is 2.48. The maximum Gasteiger partial charge on any atom is 0.214 e. The number of aromatic nitrogens is 1. The third-order valence-electron chi connectivity index (χ3n) is 3.16. The molecule has 1 heterocycles. The summed E-state index contributed by atoms with van der Waals surface area (Å²) in [5.41, 5.74) is 0.423. The molecular weight excluding hydrogens is 224 g/mol. The van der Waals surface area contributed by atoms with Crippen LogP contribution in [0, 0.1) is 5.41 Å². The van der Waals surface area contributed by atoms with E-state index in [0.717, 1.165) is 24.7 Å². The molecule has 1 aromatic rings. The third-order valence-corrected chi connectivity index (χ3v) is 3.35. The van der Waals surface area contributed by atoms with Crippen LogP contribution in [0.4, 0.5) is 5.82 Å². The number of nitrogens with zero attached hydrogens (tertiary/aromatic N) is 1. The van der Waals surface area contributed by atoms with E-state index in [4.69, 9.17) is 16.3 Å². The molecule has 4 heteroatoms. The number of pyridine rings is 1. The van der Waals surface area contributed by atoms with Crippen LogP contribution in [-0.4, -0.2) is 24.5 Å². The van der Waals surface area contributed by atoms with Gasteiger partial charge < -0.3 is 10.1 Å². The molecule has 0 amide bonds. The van der Waals surface area contributed by atoms with Gasteiger partial charge in [-0.2, -0.15) is 4.98 Å². The Bertz CT molecular complexity index is 353. The van der Waals surface area contributed by atoms with Crippen LogP contribution in [0.1, 0.15) is 19.3 Å². The molecule has 16 heavy (non-hydrogen) atoms. The Labute approximate surface area is 101 Å². The minimum absolute atomic E-state index is 0.423. The first-order valence-electron chi connectivity index (χ1n) is 5.59. The average Bonchev–Trinajstić information content (AvgIpc) is 3.08. The zero-order valence-electron chi connectivity index (χ0n) is 9.50. The van der Waals surface area contributed by atoms with Gasteiger partial charge in [0.05, 0.1) is 7.11 Å². The van der Waals surface area contributed by atoms with E-state index in [1.807, 2.05) is 18.2 Å². The number of methoxy groups -OCH3 is 1. The summed E-state index contributed by atoms with van der Waals surface area (Å²) in [6.45, 7) is 0.958. The van der Waals surface area contributed by atoms with E-state index in [-0.39, 0.29) is 0 Å². The van der Waals surface area contributed by atoms with Crippen molar-refractivity contribution in [2.24, 2.45) is 5.41 Å². The molecule has 0 unspecified atom stereocenters. The van der Waals surface area contributed by atoms with Gasteiger partial charge in [-0.25, -0.2) is 0 Å². The molecule has 3 nitrogen and oxygen atoms in total. The van der Waals surface area contributed by atoms with Crippen molar-refractivity contribution in [3.8, 4) is 5.88 Å². The van der Waals surface area contributed by atoms with E-state index in [1.54, 1.807) is 7.11 Å². The van der Waals surface area contributed by atoms with Gasteiger partial charge in [0.2, 0.25) is 5.88 Å². The Hall–Kier alpha value is -0.960. The van der Waals surface area contributed by atoms with E-state index in [2.05, 4.69) is 10.3 Å². The quantitative estimate of drug-likeness (QED) is 0.777. The van der Waals surface area contributed by atoms with Crippen molar-refractivity contribution in [1.82, 2.24) is 4.98 Å². The number of nitrogens with one attached hydrogen (secondary N) is 1. The normalized spacial score (nSPS) is 16.9. The van der Waals surface area contributed by atoms with Crippen molar-refractivity contribution in [3.05, 3.63) is 18.2 Å². The minimum atomic E-state index is 0.423. The molecule has 0 aliphatic heterocycles. The van der Waals surface area contributed by atoms with Gasteiger partial charge in [0.1, 0.15) is 5.82 Å². The van der Waals surface area contributed by atoms with Crippen molar-refractivity contribution >= 4 is 17.4 Å². The third kappa shape index (κ3) is 2.79. The topological polar surface area (TPSA) is 34.1 Å². The summed E-state index contributed by atoms with van der Waals surface area (Å²) in [6, 6.07) is 5.74. The lowest BCUT2D eigenvalue weighted by Gasteiger charge is -2.15. The van der Waals surface area contributed by atoms with Crippen LogP contribution in [-0.2, 0) is 0 Å². The fraction of sp³-hybridized carbons (Fsp3) is 0.583. The molecule has 1 saturated carbocycles. The molecule has 0 radical (unpaired) electrons. The minimum Gasteiger partial charge on any atom is -0.481 e. The van der Waals surface area contributed by atoms with Crippen LogP contribution in [0.25, 0.3) is 0 Å². The lowest BCUT2D eigenvalue weighted by atomic mass is 10.0. The van der Waals surface area contributed by atoms with Crippen molar-refractivity contribution in [1.29, 1.82) is 0 Å². The Morgan fingerprint density at radius 2 is 2.31 bits per heavy atom. The predicted octanol–water partition coefficient (Wildman–Crippen LogP) is 2.91. The van der Waals surface area contributed by atoms with Gasteiger partial charge in [0, 0.05) is 18.5 Å². The van der Waals surface area contributed by atoms with Gasteiger partial charge in [-0.1, -0.05) is 6.07 Å². The number of ether oxygens (including phenoxy) is 1. The summed E-state index contributed by atoms with van der Waals surface area (Å²) in [4.78, 5) is 4.32. The van der Waals surface area contributed by atoms with Gasteiger partial charge in [-0.15, -0.1) is 11.6 Å². The number of hydrogen-bond acceptors (Lipinski definition) is 3. The van der Waals surface area contributed by atoms with Crippen LogP contribution in [0.2, 0.25) is 0 Å². The summed E-state index contributed by atoms with van der Waals surface area (Å²) in [5.74, 6) is 2.26. The van der Waals surface area contributed by atoms with Crippen molar-refractivity contribution in [2.75, 3.05) is 24.9 Å². The van der Waals surface area contributed by atoms with Crippen molar-refractivity contribution < 1.29 is 4.74 Å². The van der Waals surface area contributed by atoms with Gasteiger partial charge >= 0.3 is 0 Å². The number of hydrogen-bond donors (Lipinski definition) is 1. The van der Waals surface area contributed by atoms with Crippen molar-refractivity contribution in [3.63, 3.8) is 0 Å². The summed E-state index contributed by atoms with van der Waals surface area (Å²) in [6.07, 6.45) is 3.64. The number of alkyl halides is 1. The van der Waals surface area contributed by atoms with Crippen LogP contribution < -0.4 is 10.1 Å². The van der Waals surface area contributed by atoms with Crippen molar-refractivity contribution in [2.45, 2.75) is 19.3 Å². The Kier molecular flexibility index (Phi) is 3.54. The second kappa shape index (κ2) is 4.91. The molecule has 1 aliphatic rings. The van der Waals surface area contributed by atoms with Gasteiger partial charge in [0.15, 0.2) is 0 Å². The molecule has 0 bridgehead atoms. The standard InChI is InChI=1S/C12H17ClN2O/c1-16-11-4-2-3-10(15-11)14-9-12(5-6-12)7-8-13/h2-4H,5-9H2,1H3,(H,14,15). The summed E-state index contributed by atoms with van der Waals surface area (Å²) < 4.78 is 5.08. The molecule has 0 aromatic carbocycles. The first kappa shape index (κ1) is 11.5. The van der Waals surface area contributed by atoms with E-state index >= 15 is 0 Å². The molecular formula is C12H17ClN2O. The highest BCUT2D eigenvalue weighted by atomic mass is 35.5. The molecule has 88 valence electrons. The Balaban J connectivity index is 1.89. The fourth-order valence-corrected chi connectivity index (χ4v) is 2.20. The van der Waals surface area contributed by atoms with E-state index in [0.29, 0.717) is 11.3 Å². The first-order valence-corrected chi connectivity index (χ1v) is 6.12. The zero-order valence-corrected chi connectivity index (χ0v) is 10.3. The molecule has 0 atom stereocenters. The molecule has 1 aromatic heterocycles. The fourth-order valence-electron chi connectivity index (χ4n) is 1.80. The smallest absolute Gasteiger partial charge is 0.214 e. The molecule has 0 saturated heterocycles. The van der Waals surface area contributed by atoms with Crippen LogP contribution in [0.3, 0.4) is 0 Å². The largest absolute Gasteiger partial charge is 0.481 e. The monoisotopic (exact) mass is 240 g/mol.